The average Bonchev–Trinajstić information content (AvgIpc) is 2.48. The molecule has 21 heavy (non-hydrogen) atoms. The van der Waals surface area contributed by atoms with Crippen LogP contribution in [0.15, 0.2) is 24.3 Å². The van der Waals surface area contributed by atoms with E-state index in [1.807, 2.05) is 24.3 Å². The van der Waals surface area contributed by atoms with E-state index >= 15 is 0 Å². The highest BCUT2D eigenvalue weighted by Gasteiger charge is 2.21. The molecular formula is C15H22N4O2. The first-order valence-electron chi connectivity index (χ1n) is 7.26. The zero-order chi connectivity index (χ0) is 15.2. The van der Waals surface area contributed by atoms with Crippen molar-refractivity contribution in [2.45, 2.75) is 19.9 Å². The smallest absolute Gasteiger partial charge is 0.322 e. The molecule has 1 heterocycles. The SMILES string of the molecule is CCNC(C)c1cccc(NC(=O)N2CCNC(=O)C2)c1. The Labute approximate surface area is 124 Å². The van der Waals surface area contributed by atoms with Gasteiger partial charge in [0.1, 0.15) is 6.54 Å². The van der Waals surface area contributed by atoms with Gasteiger partial charge in [-0.2, -0.15) is 0 Å². The molecule has 6 heteroatoms. The lowest BCUT2D eigenvalue weighted by molar-refractivity contribution is -0.123. The van der Waals surface area contributed by atoms with Gasteiger partial charge in [0, 0.05) is 24.8 Å². The lowest BCUT2D eigenvalue weighted by Crippen LogP contribution is -2.51. The molecule has 0 spiro atoms. The maximum absolute atomic E-state index is 12.1. The fourth-order valence-electron chi connectivity index (χ4n) is 2.32. The van der Waals surface area contributed by atoms with E-state index < -0.39 is 0 Å². The van der Waals surface area contributed by atoms with Crippen LogP contribution in [0, 0.1) is 0 Å². The first-order chi connectivity index (χ1) is 10.1. The van der Waals surface area contributed by atoms with Crippen LogP contribution in [0.4, 0.5) is 10.5 Å². The Bertz CT molecular complexity index is 518. The lowest BCUT2D eigenvalue weighted by Gasteiger charge is -2.26. The van der Waals surface area contributed by atoms with Gasteiger partial charge in [0.2, 0.25) is 5.91 Å². The normalized spacial score (nSPS) is 16.3. The number of nitrogens with zero attached hydrogens (tertiary/aromatic N) is 1. The average molecular weight is 290 g/mol. The number of hydrogen-bond acceptors (Lipinski definition) is 3. The quantitative estimate of drug-likeness (QED) is 0.783. The molecule has 0 aromatic heterocycles. The van der Waals surface area contributed by atoms with Crippen molar-refractivity contribution < 1.29 is 9.59 Å². The van der Waals surface area contributed by atoms with Gasteiger partial charge < -0.3 is 20.9 Å². The van der Waals surface area contributed by atoms with E-state index in [4.69, 9.17) is 0 Å². The van der Waals surface area contributed by atoms with E-state index in [0.717, 1.165) is 17.8 Å². The second kappa shape index (κ2) is 7.08. The standard InChI is InChI=1S/C15H22N4O2/c1-3-16-11(2)12-5-4-6-13(9-12)18-15(21)19-8-7-17-14(20)10-19/h4-6,9,11,16H,3,7-8,10H2,1-2H3,(H,17,20)(H,18,21). The Morgan fingerprint density at radius 1 is 1.48 bits per heavy atom. The van der Waals surface area contributed by atoms with Gasteiger partial charge >= 0.3 is 6.03 Å². The van der Waals surface area contributed by atoms with Gasteiger partial charge in [0.05, 0.1) is 0 Å². The molecule has 6 nitrogen and oxygen atoms in total. The maximum atomic E-state index is 12.1. The van der Waals surface area contributed by atoms with Crippen molar-refractivity contribution in [2.75, 3.05) is 31.5 Å². The Balaban J connectivity index is 2.00. The molecule has 0 saturated carbocycles. The third-order valence-corrected chi connectivity index (χ3v) is 3.47. The molecule has 1 unspecified atom stereocenters. The minimum Gasteiger partial charge on any atom is -0.353 e. The van der Waals surface area contributed by atoms with Crippen LogP contribution in [0.1, 0.15) is 25.5 Å². The summed E-state index contributed by atoms with van der Waals surface area (Å²) in [4.78, 5) is 25.0. The highest BCUT2D eigenvalue weighted by atomic mass is 16.2. The molecule has 114 valence electrons. The first kappa shape index (κ1) is 15.3. The van der Waals surface area contributed by atoms with E-state index in [0.29, 0.717) is 13.1 Å². The van der Waals surface area contributed by atoms with Gasteiger partial charge in [-0.05, 0) is 31.2 Å². The van der Waals surface area contributed by atoms with E-state index in [9.17, 15) is 9.59 Å². The molecule has 1 atom stereocenters. The molecular weight excluding hydrogens is 268 g/mol. The molecule has 1 fully saturated rings. The second-order valence-corrected chi connectivity index (χ2v) is 5.11. The van der Waals surface area contributed by atoms with E-state index in [2.05, 4.69) is 29.8 Å². The number of piperazine rings is 1. The van der Waals surface area contributed by atoms with E-state index in [1.165, 1.54) is 4.90 Å². The van der Waals surface area contributed by atoms with Gasteiger partial charge in [-0.3, -0.25) is 4.79 Å². The topological polar surface area (TPSA) is 73.5 Å². The number of urea groups is 1. The number of carbonyl (C=O) groups excluding carboxylic acids is 2. The predicted octanol–water partition coefficient (Wildman–Crippen LogP) is 1.32. The molecule has 0 aliphatic carbocycles. The highest BCUT2D eigenvalue weighted by Crippen LogP contribution is 2.17. The summed E-state index contributed by atoms with van der Waals surface area (Å²) in [6.07, 6.45) is 0. The minimum atomic E-state index is -0.238. The first-order valence-corrected chi connectivity index (χ1v) is 7.26. The Hall–Kier alpha value is -2.08. The molecule has 1 aromatic carbocycles. The largest absolute Gasteiger partial charge is 0.353 e. The van der Waals surface area contributed by atoms with E-state index in [1.54, 1.807) is 0 Å². The van der Waals surface area contributed by atoms with Crippen LogP contribution < -0.4 is 16.0 Å². The maximum Gasteiger partial charge on any atom is 0.322 e. The fourth-order valence-corrected chi connectivity index (χ4v) is 2.32. The van der Waals surface area contributed by atoms with Crippen LogP contribution in [0.2, 0.25) is 0 Å². The van der Waals surface area contributed by atoms with Crippen molar-refractivity contribution in [1.82, 2.24) is 15.5 Å². The van der Waals surface area contributed by atoms with Crippen molar-refractivity contribution >= 4 is 17.6 Å². The van der Waals surface area contributed by atoms with Gasteiger partial charge in [0.15, 0.2) is 0 Å². The van der Waals surface area contributed by atoms with Gasteiger partial charge in [-0.1, -0.05) is 19.1 Å². The zero-order valence-electron chi connectivity index (χ0n) is 12.5. The Morgan fingerprint density at radius 2 is 2.29 bits per heavy atom. The van der Waals surface area contributed by atoms with Crippen LogP contribution in [0.3, 0.4) is 0 Å². The summed E-state index contributed by atoms with van der Waals surface area (Å²) in [5, 5.41) is 8.88. The second-order valence-electron chi connectivity index (χ2n) is 5.11. The molecule has 0 radical (unpaired) electrons. The summed E-state index contributed by atoms with van der Waals surface area (Å²) >= 11 is 0. The van der Waals surface area contributed by atoms with Crippen molar-refractivity contribution in [3.05, 3.63) is 29.8 Å². The molecule has 1 aromatic rings. The van der Waals surface area contributed by atoms with Gasteiger partial charge in [0.25, 0.3) is 0 Å². The van der Waals surface area contributed by atoms with Crippen LogP contribution in [0.25, 0.3) is 0 Å². The molecule has 1 aliphatic rings. The Morgan fingerprint density at radius 3 is 3.00 bits per heavy atom. The summed E-state index contributed by atoms with van der Waals surface area (Å²) in [6.45, 7) is 6.18. The fraction of sp³-hybridized carbons (Fsp3) is 0.467. The van der Waals surface area contributed by atoms with Crippen molar-refractivity contribution in [3.8, 4) is 0 Å². The number of rotatable bonds is 4. The van der Waals surface area contributed by atoms with Crippen molar-refractivity contribution in [3.63, 3.8) is 0 Å². The number of hydrogen-bond donors (Lipinski definition) is 3. The van der Waals surface area contributed by atoms with E-state index in [-0.39, 0.29) is 24.5 Å². The number of carbonyl (C=O) groups is 2. The third kappa shape index (κ3) is 4.19. The molecule has 0 bridgehead atoms. The summed E-state index contributed by atoms with van der Waals surface area (Å²) in [5.41, 5.74) is 1.86. The van der Waals surface area contributed by atoms with Crippen LogP contribution in [-0.4, -0.2) is 43.0 Å². The molecule has 3 amide bonds. The number of benzene rings is 1. The predicted molar refractivity (Wildman–Crippen MR) is 82.1 cm³/mol. The number of nitrogens with one attached hydrogen (secondary N) is 3. The van der Waals surface area contributed by atoms with Gasteiger partial charge in [-0.25, -0.2) is 4.79 Å². The number of anilines is 1. The summed E-state index contributed by atoms with van der Waals surface area (Å²) in [6, 6.07) is 7.74. The summed E-state index contributed by atoms with van der Waals surface area (Å²) < 4.78 is 0. The van der Waals surface area contributed by atoms with Crippen LogP contribution in [-0.2, 0) is 4.79 Å². The van der Waals surface area contributed by atoms with Crippen LogP contribution >= 0.6 is 0 Å². The monoisotopic (exact) mass is 290 g/mol. The molecule has 1 saturated heterocycles. The lowest BCUT2D eigenvalue weighted by atomic mass is 10.1. The summed E-state index contributed by atoms with van der Waals surface area (Å²) in [7, 11) is 0. The highest BCUT2D eigenvalue weighted by molar-refractivity contribution is 5.93. The van der Waals surface area contributed by atoms with Crippen molar-refractivity contribution in [1.29, 1.82) is 0 Å². The van der Waals surface area contributed by atoms with Crippen molar-refractivity contribution in [2.24, 2.45) is 0 Å². The van der Waals surface area contributed by atoms with Crippen LogP contribution in [0.5, 0.6) is 0 Å². The van der Waals surface area contributed by atoms with Gasteiger partial charge in [-0.15, -0.1) is 0 Å². The molecule has 3 N–H and O–H groups in total. The third-order valence-electron chi connectivity index (χ3n) is 3.47. The minimum absolute atomic E-state index is 0.110. The summed E-state index contributed by atoms with van der Waals surface area (Å²) in [5.74, 6) is -0.120. The Kier molecular flexibility index (Phi) is 5.16. The molecule has 2 rings (SSSR count). The zero-order valence-corrected chi connectivity index (χ0v) is 12.5. The molecule has 1 aliphatic heterocycles. The number of amides is 3.